The average molecular weight is 410 g/mol. The van der Waals surface area contributed by atoms with Gasteiger partial charge in [0.15, 0.2) is 5.11 Å². The van der Waals surface area contributed by atoms with Crippen molar-refractivity contribution in [3.05, 3.63) is 78.0 Å². The Labute approximate surface area is 175 Å². The van der Waals surface area contributed by atoms with Crippen molar-refractivity contribution < 1.29 is 14.3 Å². The van der Waals surface area contributed by atoms with E-state index in [2.05, 4.69) is 22.5 Å². The molecule has 150 valence electrons. The standard InChI is InChI=1S/C22H23N3O3S/c1-4-12-28-18-7-5-6-15(13-18)20-19(14(2)23-22(29)25-20)21(26)24-16-8-10-17(27-3)11-9-16/h4-11,13,20H,1,12H2,2-3H3,(H,24,26)(H2,23,25,29)/t20-/m0/s1. The van der Waals surface area contributed by atoms with Gasteiger partial charge in [-0.2, -0.15) is 0 Å². The number of thiocarbonyl (C=S) groups is 1. The number of hydrogen-bond donors (Lipinski definition) is 3. The van der Waals surface area contributed by atoms with Crippen LogP contribution >= 0.6 is 12.2 Å². The molecule has 3 N–H and O–H groups in total. The van der Waals surface area contributed by atoms with E-state index in [1.54, 1.807) is 37.5 Å². The van der Waals surface area contributed by atoms with E-state index in [0.717, 1.165) is 11.3 Å². The van der Waals surface area contributed by atoms with Crippen LogP contribution in [0.3, 0.4) is 0 Å². The highest BCUT2D eigenvalue weighted by molar-refractivity contribution is 7.80. The van der Waals surface area contributed by atoms with Gasteiger partial charge in [-0.3, -0.25) is 4.79 Å². The van der Waals surface area contributed by atoms with Crippen LogP contribution in [0, 0.1) is 0 Å². The first-order chi connectivity index (χ1) is 14.0. The Morgan fingerprint density at radius 1 is 1.24 bits per heavy atom. The second-order valence-electron chi connectivity index (χ2n) is 6.42. The number of methoxy groups -OCH3 is 1. The van der Waals surface area contributed by atoms with Crippen molar-refractivity contribution in [1.82, 2.24) is 10.6 Å². The number of nitrogens with one attached hydrogen (secondary N) is 3. The summed E-state index contributed by atoms with van der Waals surface area (Å²) in [5.41, 5.74) is 2.79. The van der Waals surface area contributed by atoms with Crippen LogP contribution in [-0.2, 0) is 4.79 Å². The third kappa shape index (κ3) is 4.94. The number of ether oxygens (including phenoxy) is 2. The summed E-state index contributed by atoms with van der Waals surface area (Å²) >= 11 is 5.31. The lowest BCUT2D eigenvalue weighted by molar-refractivity contribution is -0.113. The largest absolute Gasteiger partial charge is 0.497 e. The summed E-state index contributed by atoms with van der Waals surface area (Å²) < 4.78 is 10.8. The zero-order chi connectivity index (χ0) is 20.8. The molecule has 0 fully saturated rings. The van der Waals surface area contributed by atoms with Gasteiger partial charge >= 0.3 is 0 Å². The zero-order valence-electron chi connectivity index (χ0n) is 16.3. The Balaban J connectivity index is 1.89. The van der Waals surface area contributed by atoms with Crippen LogP contribution in [0.25, 0.3) is 0 Å². The van der Waals surface area contributed by atoms with Gasteiger partial charge in [-0.1, -0.05) is 24.8 Å². The maximum atomic E-state index is 13.1. The van der Waals surface area contributed by atoms with Gasteiger partial charge < -0.3 is 25.4 Å². The molecular weight excluding hydrogens is 386 g/mol. The molecule has 7 heteroatoms. The van der Waals surface area contributed by atoms with Crippen LogP contribution in [0.2, 0.25) is 0 Å². The summed E-state index contributed by atoms with van der Waals surface area (Å²) in [6, 6.07) is 14.3. The molecule has 1 heterocycles. The number of carbonyl (C=O) groups excluding carboxylic acids is 1. The van der Waals surface area contributed by atoms with E-state index in [1.807, 2.05) is 31.2 Å². The molecule has 1 aliphatic rings. The molecule has 0 radical (unpaired) electrons. The number of benzene rings is 2. The number of rotatable bonds is 7. The van der Waals surface area contributed by atoms with Crippen molar-refractivity contribution in [3.63, 3.8) is 0 Å². The maximum Gasteiger partial charge on any atom is 0.255 e. The normalized spacial score (nSPS) is 15.8. The number of carbonyl (C=O) groups is 1. The van der Waals surface area contributed by atoms with Crippen molar-refractivity contribution in [2.45, 2.75) is 13.0 Å². The third-order valence-electron chi connectivity index (χ3n) is 4.42. The highest BCUT2D eigenvalue weighted by Gasteiger charge is 2.30. The molecule has 0 bridgehead atoms. The SMILES string of the molecule is C=CCOc1cccc([C@@H]2NC(=S)NC(C)=C2C(=O)Nc2ccc(OC)cc2)c1. The topological polar surface area (TPSA) is 71.6 Å². The lowest BCUT2D eigenvalue weighted by atomic mass is 9.94. The Hall–Kier alpha value is -3.32. The molecule has 29 heavy (non-hydrogen) atoms. The predicted molar refractivity (Wildman–Crippen MR) is 118 cm³/mol. The van der Waals surface area contributed by atoms with Crippen molar-refractivity contribution in [2.75, 3.05) is 19.0 Å². The Morgan fingerprint density at radius 2 is 2.00 bits per heavy atom. The minimum absolute atomic E-state index is 0.224. The molecule has 0 saturated heterocycles. The fourth-order valence-electron chi connectivity index (χ4n) is 3.06. The molecule has 6 nitrogen and oxygen atoms in total. The van der Waals surface area contributed by atoms with Gasteiger partial charge in [0.05, 0.1) is 18.7 Å². The molecule has 1 atom stereocenters. The van der Waals surface area contributed by atoms with Crippen LogP contribution in [-0.4, -0.2) is 24.7 Å². The highest BCUT2D eigenvalue weighted by Crippen LogP contribution is 2.30. The van der Waals surface area contributed by atoms with Gasteiger partial charge in [0.2, 0.25) is 0 Å². The lowest BCUT2D eigenvalue weighted by Gasteiger charge is -2.30. The summed E-state index contributed by atoms with van der Waals surface area (Å²) in [7, 11) is 1.60. The Bertz CT molecular complexity index is 954. The molecule has 0 unspecified atom stereocenters. The zero-order valence-corrected chi connectivity index (χ0v) is 17.1. The van der Waals surface area contributed by atoms with E-state index in [0.29, 0.717) is 34.4 Å². The predicted octanol–water partition coefficient (Wildman–Crippen LogP) is 3.69. The molecule has 1 amide bonds. The maximum absolute atomic E-state index is 13.1. The number of allylic oxidation sites excluding steroid dienone is 1. The van der Waals surface area contributed by atoms with Crippen molar-refractivity contribution in [1.29, 1.82) is 0 Å². The first-order valence-electron chi connectivity index (χ1n) is 9.09. The lowest BCUT2D eigenvalue weighted by Crippen LogP contribution is -2.45. The van der Waals surface area contributed by atoms with E-state index in [-0.39, 0.29) is 5.91 Å². The van der Waals surface area contributed by atoms with Crippen molar-refractivity contribution in [3.8, 4) is 11.5 Å². The first kappa shape index (κ1) is 20.4. The Kier molecular flexibility index (Phi) is 6.51. The monoisotopic (exact) mass is 409 g/mol. The molecule has 2 aromatic rings. The van der Waals surface area contributed by atoms with Crippen molar-refractivity contribution in [2.24, 2.45) is 0 Å². The second-order valence-corrected chi connectivity index (χ2v) is 6.83. The Morgan fingerprint density at radius 3 is 2.69 bits per heavy atom. The minimum atomic E-state index is -0.408. The van der Waals surface area contributed by atoms with Gasteiger partial charge in [0.1, 0.15) is 18.1 Å². The van der Waals surface area contributed by atoms with Gasteiger partial charge in [0, 0.05) is 11.4 Å². The molecule has 0 aromatic heterocycles. The molecule has 1 aliphatic heterocycles. The molecule has 0 aliphatic carbocycles. The van der Waals surface area contributed by atoms with Crippen LogP contribution < -0.4 is 25.4 Å². The third-order valence-corrected chi connectivity index (χ3v) is 4.64. The first-order valence-corrected chi connectivity index (χ1v) is 9.50. The summed E-state index contributed by atoms with van der Waals surface area (Å²) in [6.07, 6.45) is 1.68. The van der Waals surface area contributed by atoms with Gasteiger partial charge in [-0.15, -0.1) is 0 Å². The molecule has 3 rings (SSSR count). The van der Waals surface area contributed by atoms with Gasteiger partial charge in [-0.25, -0.2) is 0 Å². The number of hydrogen-bond acceptors (Lipinski definition) is 4. The highest BCUT2D eigenvalue weighted by atomic mass is 32.1. The quantitative estimate of drug-likeness (QED) is 0.479. The van der Waals surface area contributed by atoms with Crippen LogP contribution in [0.4, 0.5) is 5.69 Å². The molecular formula is C22H23N3O3S. The fraction of sp³-hybridized carbons (Fsp3) is 0.182. The van der Waals surface area contributed by atoms with E-state index in [1.165, 1.54) is 0 Å². The molecule has 2 aromatic carbocycles. The van der Waals surface area contributed by atoms with Crippen LogP contribution in [0.5, 0.6) is 11.5 Å². The van der Waals surface area contributed by atoms with E-state index in [9.17, 15) is 4.79 Å². The minimum Gasteiger partial charge on any atom is -0.497 e. The van der Waals surface area contributed by atoms with Crippen LogP contribution in [0.1, 0.15) is 18.5 Å². The average Bonchev–Trinajstić information content (AvgIpc) is 2.72. The van der Waals surface area contributed by atoms with Gasteiger partial charge in [0.25, 0.3) is 5.91 Å². The van der Waals surface area contributed by atoms with Crippen molar-refractivity contribution >= 4 is 28.9 Å². The molecule has 0 saturated carbocycles. The summed E-state index contributed by atoms with van der Waals surface area (Å²) in [5.74, 6) is 1.19. The fourth-order valence-corrected chi connectivity index (χ4v) is 3.33. The van der Waals surface area contributed by atoms with Gasteiger partial charge in [-0.05, 0) is 61.1 Å². The summed E-state index contributed by atoms with van der Waals surface area (Å²) in [4.78, 5) is 13.1. The molecule has 0 spiro atoms. The summed E-state index contributed by atoms with van der Waals surface area (Å²) in [5, 5.41) is 9.63. The smallest absolute Gasteiger partial charge is 0.255 e. The van der Waals surface area contributed by atoms with E-state index >= 15 is 0 Å². The number of anilines is 1. The van der Waals surface area contributed by atoms with E-state index < -0.39 is 6.04 Å². The van der Waals surface area contributed by atoms with E-state index in [4.69, 9.17) is 21.7 Å². The number of amides is 1. The van der Waals surface area contributed by atoms with Crippen LogP contribution in [0.15, 0.2) is 72.5 Å². The second kappa shape index (κ2) is 9.25. The summed E-state index contributed by atoms with van der Waals surface area (Å²) in [6.45, 7) is 5.90.